The Hall–Kier alpha value is -3.15. The molecule has 0 radical (unpaired) electrons. The molecule has 0 aliphatic carbocycles. The van der Waals surface area contributed by atoms with Gasteiger partial charge in [0.25, 0.3) is 0 Å². The molecule has 2 aromatic heterocycles. The molecule has 0 bridgehead atoms. The molecule has 33 heavy (non-hydrogen) atoms. The zero-order valence-corrected chi connectivity index (χ0v) is 20.4. The monoisotopic (exact) mass is 472 g/mol. The summed E-state index contributed by atoms with van der Waals surface area (Å²) in [6, 6.07) is 24.6. The fourth-order valence-electron chi connectivity index (χ4n) is 4.80. The third kappa shape index (κ3) is 3.92. The first-order valence-corrected chi connectivity index (χ1v) is 11.7. The van der Waals surface area contributed by atoms with Gasteiger partial charge in [0.2, 0.25) is 0 Å². The van der Waals surface area contributed by atoms with E-state index in [2.05, 4.69) is 89.1 Å². The molecule has 2 atom stereocenters. The van der Waals surface area contributed by atoms with Crippen molar-refractivity contribution in [3.63, 3.8) is 0 Å². The van der Waals surface area contributed by atoms with E-state index in [0.29, 0.717) is 5.11 Å². The maximum atomic E-state index is 6.14. The number of aromatic nitrogens is 2. The minimum Gasteiger partial charge on any atom is -0.351 e. The number of aryl methyl sites for hydroxylation is 2. The lowest BCUT2D eigenvalue weighted by Gasteiger charge is -2.28. The zero-order chi connectivity index (χ0) is 23.1. The van der Waals surface area contributed by atoms with Crippen molar-refractivity contribution in [1.82, 2.24) is 14.9 Å². The Morgan fingerprint density at radius 2 is 1.70 bits per heavy atom. The van der Waals surface area contributed by atoms with Crippen molar-refractivity contribution in [3.05, 3.63) is 112 Å². The Morgan fingerprint density at radius 3 is 2.39 bits per heavy atom. The van der Waals surface area contributed by atoms with Gasteiger partial charge in [0, 0.05) is 34.0 Å². The highest BCUT2D eigenvalue weighted by atomic mass is 35.5. The van der Waals surface area contributed by atoms with Crippen molar-refractivity contribution in [1.29, 1.82) is 0 Å². The predicted molar refractivity (Wildman–Crippen MR) is 139 cm³/mol. The molecule has 2 aromatic carbocycles. The lowest BCUT2D eigenvalue weighted by Crippen LogP contribution is -2.29. The number of thiocarbonyl (C=S) groups is 1. The van der Waals surface area contributed by atoms with E-state index in [1.165, 1.54) is 16.8 Å². The topological polar surface area (TPSA) is 33.1 Å². The number of anilines is 1. The molecule has 1 aliphatic heterocycles. The van der Waals surface area contributed by atoms with Crippen LogP contribution in [0.2, 0.25) is 5.02 Å². The van der Waals surface area contributed by atoms with Gasteiger partial charge in [-0.3, -0.25) is 4.98 Å². The summed E-state index contributed by atoms with van der Waals surface area (Å²) < 4.78 is 2.27. The van der Waals surface area contributed by atoms with Crippen molar-refractivity contribution < 1.29 is 0 Å². The minimum atomic E-state index is -0.0709. The van der Waals surface area contributed by atoms with Crippen LogP contribution in [0.25, 0.3) is 5.69 Å². The first kappa shape index (κ1) is 21.7. The van der Waals surface area contributed by atoms with Crippen LogP contribution in [0, 0.1) is 20.8 Å². The van der Waals surface area contributed by atoms with Crippen LogP contribution in [0.4, 0.5) is 5.69 Å². The molecule has 1 N–H and O–H groups in total. The second-order valence-electron chi connectivity index (χ2n) is 8.47. The number of benzene rings is 2. The molecule has 1 saturated heterocycles. The Kier molecular flexibility index (Phi) is 5.69. The maximum absolute atomic E-state index is 6.14. The fraction of sp³-hybridized carbons (Fsp3) is 0.185. The van der Waals surface area contributed by atoms with E-state index >= 15 is 0 Å². The van der Waals surface area contributed by atoms with Gasteiger partial charge in [0.1, 0.15) is 0 Å². The van der Waals surface area contributed by atoms with Gasteiger partial charge in [-0.05, 0) is 98.7 Å². The minimum absolute atomic E-state index is 0.0403. The van der Waals surface area contributed by atoms with E-state index in [1.54, 1.807) is 0 Å². The largest absolute Gasteiger partial charge is 0.351 e. The first-order valence-electron chi connectivity index (χ1n) is 11.0. The normalized spacial score (nSPS) is 17.9. The molecule has 1 fully saturated rings. The molecule has 1 aliphatic rings. The summed E-state index contributed by atoms with van der Waals surface area (Å²) in [6.45, 7) is 6.41. The molecule has 4 aromatic rings. The van der Waals surface area contributed by atoms with Crippen molar-refractivity contribution in [2.45, 2.75) is 32.9 Å². The highest BCUT2D eigenvalue weighted by Crippen LogP contribution is 2.43. The smallest absolute Gasteiger partial charge is 0.174 e. The number of pyridine rings is 1. The van der Waals surface area contributed by atoms with Crippen molar-refractivity contribution in [2.24, 2.45) is 0 Å². The summed E-state index contributed by atoms with van der Waals surface area (Å²) >= 11 is 12.0. The van der Waals surface area contributed by atoms with Gasteiger partial charge in [-0.2, -0.15) is 0 Å². The van der Waals surface area contributed by atoms with Crippen molar-refractivity contribution in [3.8, 4) is 5.69 Å². The molecule has 0 spiro atoms. The van der Waals surface area contributed by atoms with E-state index in [9.17, 15) is 0 Å². The second kappa shape index (κ2) is 8.65. The molecular weight excluding hydrogens is 448 g/mol. The quantitative estimate of drug-likeness (QED) is 0.338. The van der Waals surface area contributed by atoms with E-state index in [4.69, 9.17) is 23.8 Å². The third-order valence-electron chi connectivity index (χ3n) is 6.25. The van der Waals surface area contributed by atoms with E-state index in [0.717, 1.165) is 27.8 Å². The second-order valence-corrected chi connectivity index (χ2v) is 9.30. The van der Waals surface area contributed by atoms with Gasteiger partial charge in [-0.15, -0.1) is 0 Å². The third-order valence-corrected chi connectivity index (χ3v) is 6.82. The van der Waals surface area contributed by atoms with Gasteiger partial charge in [0.15, 0.2) is 5.11 Å². The number of nitrogens with zero attached hydrogens (tertiary/aromatic N) is 3. The van der Waals surface area contributed by atoms with Crippen LogP contribution in [0.1, 0.15) is 40.3 Å². The zero-order valence-electron chi connectivity index (χ0n) is 18.8. The Bertz CT molecular complexity index is 1310. The first-order chi connectivity index (χ1) is 15.9. The van der Waals surface area contributed by atoms with Gasteiger partial charge in [-0.1, -0.05) is 29.8 Å². The van der Waals surface area contributed by atoms with Crippen LogP contribution >= 0.6 is 23.8 Å². The number of hydrogen-bond acceptors (Lipinski definition) is 2. The van der Waals surface area contributed by atoms with Crippen LogP contribution in [-0.4, -0.2) is 14.7 Å². The van der Waals surface area contributed by atoms with E-state index in [-0.39, 0.29) is 12.1 Å². The van der Waals surface area contributed by atoms with Gasteiger partial charge in [-0.25, -0.2) is 0 Å². The molecule has 0 amide bonds. The predicted octanol–water partition coefficient (Wildman–Crippen LogP) is 6.63. The fourth-order valence-corrected chi connectivity index (χ4v) is 5.27. The standard InChI is InChI=1S/C27H25ClN4S/c1-17-7-6-8-22(15-17)32-26(25(30-27(32)33)24-9-4-5-14-29-24)23-16-18(2)31(19(23)3)21-12-10-20(28)11-13-21/h4-16,25-26H,1-3H3,(H,30,33)/t25-,26-/m1/s1. The van der Waals surface area contributed by atoms with Crippen LogP contribution in [0.3, 0.4) is 0 Å². The Morgan fingerprint density at radius 1 is 0.909 bits per heavy atom. The molecule has 0 unspecified atom stereocenters. The van der Waals surface area contributed by atoms with E-state index in [1.807, 2.05) is 30.5 Å². The molecule has 4 nitrogen and oxygen atoms in total. The summed E-state index contributed by atoms with van der Waals surface area (Å²) in [5.41, 5.74) is 7.87. The lowest BCUT2D eigenvalue weighted by molar-refractivity contribution is 0.565. The molecule has 0 saturated carbocycles. The Labute approximate surface area is 204 Å². The van der Waals surface area contributed by atoms with Crippen molar-refractivity contribution >= 4 is 34.6 Å². The number of halogens is 1. The summed E-state index contributed by atoms with van der Waals surface area (Å²) in [7, 11) is 0. The van der Waals surface area contributed by atoms with Crippen molar-refractivity contribution in [2.75, 3.05) is 4.90 Å². The average Bonchev–Trinajstić information content (AvgIpc) is 3.30. The number of rotatable bonds is 4. The maximum Gasteiger partial charge on any atom is 0.174 e. The molecule has 5 rings (SSSR count). The van der Waals surface area contributed by atoms with Gasteiger partial charge >= 0.3 is 0 Å². The average molecular weight is 473 g/mol. The molecular formula is C27H25ClN4S. The summed E-state index contributed by atoms with van der Waals surface area (Å²) in [5.74, 6) is 0. The molecule has 6 heteroatoms. The van der Waals surface area contributed by atoms with E-state index < -0.39 is 0 Å². The van der Waals surface area contributed by atoms with Crippen LogP contribution in [0.15, 0.2) is 79.0 Å². The van der Waals surface area contributed by atoms with Crippen LogP contribution in [0.5, 0.6) is 0 Å². The van der Waals surface area contributed by atoms with Gasteiger partial charge in [0.05, 0.1) is 17.8 Å². The highest BCUT2D eigenvalue weighted by molar-refractivity contribution is 7.80. The summed E-state index contributed by atoms with van der Waals surface area (Å²) in [5, 5.41) is 4.99. The number of nitrogens with one attached hydrogen (secondary N) is 1. The summed E-state index contributed by atoms with van der Waals surface area (Å²) in [6.07, 6.45) is 1.84. The SMILES string of the molecule is Cc1cccc(N2C(=S)N[C@H](c3ccccn3)[C@H]2c2cc(C)n(-c3ccc(Cl)cc3)c2C)c1. The highest BCUT2D eigenvalue weighted by Gasteiger charge is 2.42. The lowest BCUT2D eigenvalue weighted by atomic mass is 9.96. The van der Waals surface area contributed by atoms with Gasteiger partial charge < -0.3 is 14.8 Å². The number of hydrogen-bond donors (Lipinski definition) is 1. The summed E-state index contributed by atoms with van der Waals surface area (Å²) in [4.78, 5) is 6.90. The van der Waals surface area contributed by atoms with Crippen LogP contribution < -0.4 is 10.2 Å². The molecule has 166 valence electrons. The molecule has 3 heterocycles. The Balaban J connectivity index is 1.68. The van der Waals surface area contributed by atoms with Crippen LogP contribution in [-0.2, 0) is 0 Å².